The predicted molar refractivity (Wildman–Crippen MR) is 92.9 cm³/mol. The van der Waals surface area contributed by atoms with Crippen LogP contribution >= 0.6 is 24.8 Å². The van der Waals surface area contributed by atoms with Crippen molar-refractivity contribution in [3.8, 4) is 0 Å². The summed E-state index contributed by atoms with van der Waals surface area (Å²) in [5, 5.41) is 3.25. The minimum absolute atomic E-state index is 0. The van der Waals surface area contributed by atoms with Crippen molar-refractivity contribution in [3.05, 3.63) is 34.9 Å². The first kappa shape index (κ1) is 22.5. The van der Waals surface area contributed by atoms with E-state index in [9.17, 15) is 13.2 Å². The molecule has 134 valence electrons. The fourth-order valence-electron chi connectivity index (χ4n) is 3.06. The maximum atomic E-state index is 12.6. The Morgan fingerprint density at radius 2 is 1.57 bits per heavy atom. The molecule has 1 aromatic carbocycles. The summed E-state index contributed by atoms with van der Waals surface area (Å²) in [4.78, 5) is 2.18. The number of aryl methyl sites for hydroxylation is 2. The molecule has 1 aromatic rings. The highest BCUT2D eigenvalue weighted by atomic mass is 35.5. The fraction of sp³-hybridized carbons (Fsp3) is 0.625. The highest BCUT2D eigenvalue weighted by Crippen LogP contribution is 2.32. The molecule has 1 saturated heterocycles. The predicted octanol–water partition coefficient (Wildman–Crippen LogP) is 4.44. The van der Waals surface area contributed by atoms with E-state index in [0.717, 1.165) is 42.9 Å². The molecule has 0 unspecified atom stereocenters. The minimum Gasteiger partial charge on any atom is -0.314 e. The molecule has 0 radical (unpaired) electrons. The summed E-state index contributed by atoms with van der Waals surface area (Å²) in [6, 6.07) is 5.96. The molecule has 2 nitrogen and oxygen atoms in total. The van der Waals surface area contributed by atoms with Crippen molar-refractivity contribution in [2.24, 2.45) is 0 Å². The quantitative estimate of drug-likeness (QED) is 0.840. The molecule has 2 rings (SSSR count). The topological polar surface area (TPSA) is 15.3 Å². The molecule has 0 spiro atoms. The van der Waals surface area contributed by atoms with Crippen LogP contribution in [-0.4, -0.2) is 37.3 Å². The maximum absolute atomic E-state index is 12.6. The Hall–Kier alpha value is -0.490. The van der Waals surface area contributed by atoms with Crippen molar-refractivity contribution in [1.29, 1.82) is 0 Å². The van der Waals surface area contributed by atoms with Gasteiger partial charge in [-0.05, 0) is 25.8 Å². The second-order valence-corrected chi connectivity index (χ2v) is 5.88. The number of hydrogen-bond donors (Lipinski definition) is 1. The molecule has 23 heavy (non-hydrogen) atoms. The van der Waals surface area contributed by atoms with Gasteiger partial charge in [-0.1, -0.05) is 29.3 Å². The highest BCUT2D eigenvalue weighted by molar-refractivity contribution is 5.85. The van der Waals surface area contributed by atoms with Gasteiger partial charge in [0.2, 0.25) is 0 Å². The molecular formula is C16H25Cl2F3N2. The molecule has 0 amide bonds. The summed E-state index contributed by atoms with van der Waals surface area (Å²) in [6.45, 7) is 7.27. The Labute approximate surface area is 148 Å². The zero-order chi connectivity index (χ0) is 15.5. The number of piperazine rings is 1. The monoisotopic (exact) mass is 372 g/mol. The van der Waals surface area contributed by atoms with Gasteiger partial charge < -0.3 is 5.32 Å². The summed E-state index contributed by atoms with van der Waals surface area (Å²) in [6.07, 6.45) is -4.69. The van der Waals surface area contributed by atoms with Gasteiger partial charge in [-0.15, -0.1) is 24.8 Å². The lowest BCUT2D eigenvalue weighted by Crippen LogP contribution is -2.45. The summed E-state index contributed by atoms with van der Waals surface area (Å²) >= 11 is 0. The molecule has 0 saturated carbocycles. The first-order valence-corrected chi connectivity index (χ1v) is 7.45. The van der Waals surface area contributed by atoms with Crippen LogP contribution in [0.5, 0.6) is 0 Å². The van der Waals surface area contributed by atoms with Crippen LogP contribution in [0, 0.1) is 13.8 Å². The van der Waals surface area contributed by atoms with Gasteiger partial charge in [0.15, 0.2) is 0 Å². The Balaban J connectivity index is 0.00000242. The van der Waals surface area contributed by atoms with Gasteiger partial charge in [-0.3, -0.25) is 4.90 Å². The molecular weight excluding hydrogens is 348 g/mol. The van der Waals surface area contributed by atoms with Gasteiger partial charge in [0.05, 0.1) is 0 Å². The molecule has 0 aromatic heterocycles. The molecule has 1 N–H and O–H groups in total. The van der Waals surface area contributed by atoms with Crippen molar-refractivity contribution in [2.45, 2.75) is 38.9 Å². The van der Waals surface area contributed by atoms with Crippen molar-refractivity contribution in [1.82, 2.24) is 10.2 Å². The van der Waals surface area contributed by atoms with Crippen LogP contribution in [0.15, 0.2) is 18.2 Å². The van der Waals surface area contributed by atoms with E-state index in [1.54, 1.807) is 0 Å². The molecule has 1 aliphatic rings. The SMILES string of the molecule is Cc1cc(C)cc([C@H](CCC(F)(F)F)N2CCNCC2)c1.Cl.Cl. The van der Waals surface area contributed by atoms with Gasteiger partial charge in [0.25, 0.3) is 0 Å². The number of hydrogen-bond acceptors (Lipinski definition) is 2. The van der Waals surface area contributed by atoms with Gasteiger partial charge in [-0.25, -0.2) is 0 Å². The Morgan fingerprint density at radius 1 is 1.04 bits per heavy atom. The van der Waals surface area contributed by atoms with Gasteiger partial charge in [0.1, 0.15) is 0 Å². The van der Waals surface area contributed by atoms with Gasteiger partial charge in [-0.2, -0.15) is 13.2 Å². The number of halogens is 5. The lowest BCUT2D eigenvalue weighted by molar-refractivity contribution is -0.138. The van der Waals surface area contributed by atoms with E-state index >= 15 is 0 Å². The number of benzene rings is 1. The number of alkyl halides is 3. The number of nitrogens with one attached hydrogen (secondary N) is 1. The van der Waals surface area contributed by atoms with E-state index in [2.05, 4.69) is 16.3 Å². The van der Waals surface area contributed by atoms with Crippen LogP contribution in [0.1, 0.15) is 35.6 Å². The van der Waals surface area contributed by atoms with Crippen LogP contribution in [-0.2, 0) is 0 Å². The van der Waals surface area contributed by atoms with Gasteiger partial charge >= 0.3 is 6.18 Å². The van der Waals surface area contributed by atoms with E-state index in [0.29, 0.717) is 0 Å². The molecule has 1 atom stereocenters. The largest absolute Gasteiger partial charge is 0.389 e. The molecule has 1 fully saturated rings. The maximum Gasteiger partial charge on any atom is 0.389 e. The van der Waals surface area contributed by atoms with E-state index in [-0.39, 0.29) is 37.3 Å². The van der Waals surface area contributed by atoms with Crippen molar-refractivity contribution < 1.29 is 13.2 Å². The lowest BCUT2D eigenvalue weighted by Gasteiger charge is -2.35. The summed E-state index contributed by atoms with van der Waals surface area (Å²) in [5.41, 5.74) is 3.23. The number of nitrogens with zero attached hydrogens (tertiary/aromatic N) is 1. The van der Waals surface area contributed by atoms with E-state index in [4.69, 9.17) is 0 Å². The Morgan fingerprint density at radius 3 is 2.04 bits per heavy atom. The third-order valence-electron chi connectivity index (χ3n) is 3.92. The van der Waals surface area contributed by atoms with Crippen LogP contribution in [0.25, 0.3) is 0 Å². The molecule has 1 aliphatic heterocycles. The van der Waals surface area contributed by atoms with Crippen molar-refractivity contribution in [3.63, 3.8) is 0 Å². The first-order valence-electron chi connectivity index (χ1n) is 7.45. The van der Waals surface area contributed by atoms with Crippen LogP contribution in [0.2, 0.25) is 0 Å². The van der Waals surface area contributed by atoms with Crippen LogP contribution < -0.4 is 5.32 Å². The zero-order valence-corrected chi connectivity index (χ0v) is 15.1. The van der Waals surface area contributed by atoms with Crippen LogP contribution in [0.4, 0.5) is 13.2 Å². The molecule has 0 aliphatic carbocycles. The van der Waals surface area contributed by atoms with E-state index in [1.165, 1.54) is 0 Å². The lowest BCUT2D eigenvalue weighted by atomic mass is 9.96. The Kier molecular flexibility index (Phi) is 9.51. The van der Waals surface area contributed by atoms with Gasteiger partial charge in [0, 0.05) is 38.6 Å². The van der Waals surface area contributed by atoms with E-state index in [1.807, 2.05) is 26.0 Å². The third kappa shape index (κ3) is 7.29. The smallest absolute Gasteiger partial charge is 0.314 e. The third-order valence-corrected chi connectivity index (χ3v) is 3.92. The standard InChI is InChI=1S/C16H23F3N2.2ClH/c1-12-9-13(2)11-14(10-12)15(3-4-16(17,18)19)21-7-5-20-6-8-21;;/h9-11,15,20H,3-8H2,1-2H3;2*1H/t15-;;/m0../s1. The van der Waals surface area contributed by atoms with Crippen LogP contribution in [0.3, 0.4) is 0 Å². The second-order valence-electron chi connectivity index (χ2n) is 5.88. The molecule has 1 heterocycles. The molecule has 0 bridgehead atoms. The van der Waals surface area contributed by atoms with Crippen molar-refractivity contribution >= 4 is 24.8 Å². The average molecular weight is 373 g/mol. The highest BCUT2D eigenvalue weighted by Gasteiger charge is 2.31. The second kappa shape index (κ2) is 9.72. The fourth-order valence-corrected chi connectivity index (χ4v) is 3.06. The Bertz CT molecular complexity index is 455. The molecule has 7 heteroatoms. The summed E-state index contributed by atoms with van der Waals surface area (Å²) in [7, 11) is 0. The number of rotatable bonds is 4. The van der Waals surface area contributed by atoms with Crippen molar-refractivity contribution in [2.75, 3.05) is 26.2 Å². The minimum atomic E-state index is -4.09. The summed E-state index contributed by atoms with van der Waals surface area (Å²) < 4.78 is 37.9. The summed E-state index contributed by atoms with van der Waals surface area (Å²) in [5.74, 6) is 0. The normalized spacial score (nSPS) is 17.1. The van der Waals surface area contributed by atoms with E-state index < -0.39 is 12.6 Å². The average Bonchev–Trinajstić information content (AvgIpc) is 2.37. The zero-order valence-electron chi connectivity index (χ0n) is 13.4. The first-order chi connectivity index (χ1) is 9.85.